The Labute approximate surface area is 189 Å². The molecular weight excluding hydrogens is 400 g/mol. The van der Waals surface area contributed by atoms with Crippen molar-refractivity contribution in [3.05, 3.63) is 59.2 Å². The number of aromatic nitrogens is 4. The van der Waals surface area contributed by atoms with Gasteiger partial charge in [-0.2, -0.15) is 5.10 Å². The molecule has 2 aliphatic rings. The molecule has 1 amide bonds. The Hall–Kier alpha value is -2.93. The van der Waals surface area contributed by atoms with E-state index in [1.165, 1.54) is 17.7 Å². The topological polar surface area (TPSA) is 59.2 Å². The third-order valence-electron chi connectivity index (χ3n) is 7.16. The van der Waals surface area contributed by atoms with Gasteiger partial charge in [0.15, 0.2) is 0 Å². The van der Waals surface area contributed by atoms with E-state index in [4.69, 9.17) is 4.98 Å². The van der Waals surface area contributed by atoms with Gasteiger partial charge in [-0.25, -0.2) is 4.98 Å². The van der Waals surface area contributed by atoms with E-state index < -0.39 is 0 Å². The third kappa shape index (κ3) is 3.45. The van der Waals surface area contributed by atoms with Crippen molar-refractivity contribution in [3.63, 3.8) is 0 Å². The second kappa shape index (κ2) is 8.20. The molecule has 0 unspecified atom stereocenters. The van der Waals surface area contributed by atoms with Gasteiger partial charge >= 0.3 is 0 Å². The number of benzene rings is 1. The minimum absolute atomic E-state index is 0.0136. The number of carbonyl (C=O) groups excluding carboxylic acids is 1. The summed E-state index contributed by atoms with van der Waals surface area (Å²) in [6, 6.07) is 11.1. The Bertz CT molecular complexity index is 1130. The highest BCUT2D eigenvalue weighted by molar-refractivity contribution is 5.94. The fourth-order valence-electron chi connectivity index (χ4n) is 5.36. The zero-order chi connectivity index (χ0) is 22.4. The molecule has 0 saturated carbocycles. The Morgan fingerprint density at radius 1 is 1.16 bits per heavy atom. The van der Waals surface area contributed by atoms with Crippen LogP contribution in [0.15, 0.2) is 36.5 Å². The number of rotatable bonds is 5. The molecule has 2 aliphatic heterocycles. The SMILES string of the molecule is CCn1ncc(CN2[C@@H]3CC[C@H]2Cc2c(C(=O)N(C)C)nc(-c4ccccc4)n2C3)c1C. The summed E-state index contributed by atoms with van der Waals surface area (Å²) in [5.74, 6) is 0.897. The van der Waals surface area contributed by atoms with Crippen molar-refractivity contribution in [2.75, 3.05) is 14.1 Å². The first kappa shape index (κ1) is 20.9. The first-order valence-corrected chi connectivity index (χ1v) is 11.6. The summed E-state index contributed by atoms with van der Waals surface area (Å²) in [6.45, 7) is 6.97. The molecule has 168 valence electrons. The van der Waals surface area contributed by atoms with Crippen molar-refractivity contribution in [2.24, 2.45) is 0 Å². The molecule has 0 radical (unpaired) electrons. The standard InChI is InChI=1S/C25H32N6O/c1-5-31-17(2)19(14-26-31)15-29-20-11-12-21(29)16-30-22(13-20)23(25(32)28(3)4)27-24(30)18-9-7-6-8-10-18/h6-10,14,20-21H,5,11-13,15-16H2,1-4H3/t20-,21+/m0/s1. The summed E-state index contributed by atoms with van der Waals surface area (Å²) >= 11 is 0. The second-order valence-electron chi connectivity index (χ2n) is 9.24. The van der Waals surface area contributed by atoms with Gasteiger partial charge < -0.3 is 9.47 Å². The lowest BCUT2D eigenvalue weighted by molar-refractivity contribution is 0.0821. The molecule has 1 saturated heterocycles. The highest BCUT2D eigenvalue weighted by atomic mass is 16.2. The Morgan fingerprint density at radius 3 is 2.59 bits per heavy atom. The van der Waals surface area contributed by atoms with Crippen molar-refractivity contribution >= 4 is 5.91 Å². The molecule has 32 heavy (non-hydrogen) atoms. The fourth-order valence-corrected chi connectivity index (χ4v) is 5.36. The van der Waals surface area contributed by atoms with Crippen LogP contribution >= 0.6 is 0 Å². The Kier molecular flexibility index (Phi) is 5.37. The van der Waals surface area contributed by atoms with E-state index in [0.29, 0.717) is 17.8 Å². The molecule has 2 bridgehead atoms. The van der Waals surface area contributed by atoms with Crippen LogP contribution in [0.5, 0.6) is 0 Å². The highest BCUT2D eigenvalue weighted by Crippen LogP contribution is 2.37. The molecule has 2 atom stereocenters. The molecular formula is C25H32N6O. The van der Waals surface area contributed by atoms with Crippen molar-refractivity contribution < 1.29 is 4.79 Å². The third-order valence-corrected chi connectivity index (χ3v) is 7.16. The average Bonchev–Trinajstić information content (AvgIpc) is 3.41. The predicted molar refractivity (Wildman–Crippen MR) is 124 cm³/mol. The number of fused-ring (bicyclic) bond motifs is 3. The summed E-state index contributed by atoms with van der Waals surface area (Å²) in [5.41, 5.74) is 5.32. The summed E-state index contributed by atoms with van der Waals surface area (Å²) in [5, 5.41) is 4.56. The molecule has 1 fully saturated rings. The van der Waals surface area contributed by atoms with Crippen molar-refractivity contribution in [2.45, 2.75) is 64.8 Å². The van der Waals surface area contributed by atoms with Crippen LogP contribution in [0.1, 0.15) is 47.2 Å². The van der Waals surface area contributed by atoms with Crippen LogP contribution in [0.4, 0.5) is 0 Å². The quantitative estimate of drug-likeness (QED) is 0.620. The van der Waals surface area contributed by atoms with Crippen LogP contribution in [0.25, 0.3) is 11.4 Å². The number of carbonyl (C=O) groups is 1. The molecule has 1 aromatic carbocycles. The van der Waals surface area contributed by atoms with Gasteiger partial charge in [-0.05, 0) is 26.7 Å². The molecule has 0 aliphatic carbocycles. The maximum atomic E-state index is 13.1. The summed E-state index contributed by atoms with van der Waals surface area (Å²) in [4.78, 5) is 22.2. The van der Waals surface area contributed by atoms with Gasteiger partial charge in [0.2, 0.25) is 0 Å². The maximum Gasteiger partial charge on any atom is 0.273 e. The number of aryl methyl sites for hydroxylation is 1. The zero-order valence-corrected chi connectivity index (χ0v) is 19.5. The lowest BCUT2D eigenvalue weighted by atomic mass is 10.0. The van der Waals surface area contributed by atoms with Crippen molar-refractivity contribution in [3.8, 4) is 11.4 Å². The van der Waals surface area contributed by atoms with Gasteiger partial charge in [0, 0.05) is 69.1 Å². The van der Waals surface area contributed by atoms with E-state index in [-0.39, 0.29) is 5.91 Å². The van der Waals surface area contributed by atoms with Crippen molar-refractivity contribution in [1.29, 1.82) is 0 Å². The molecule has 7 nitrogen and oxygen atoms in total. The summed E-state index contributed by atoms with van der Waals surface area (Å²) in [6.07, 6.45) is 5.22. The number of nitrogens with zero attached hydrogens (tertiary/aromatic N) is 6. The molecule has 4 heterocycles. The first-order chi connectivity index (χ1) is 15.5. The lowest BCUT2D eigenvalue weighted by Gasteiger charge is -2.27. The van der Waals surface area contributed by atoms with E-state index in [2.05, 4.69) is 45.2 Å². The van der Waals surface area contributed by atoms with Gasteiger partial charge in [0.1, 0.15) is 11.5 Å². The monoisotopic (exact) mass is 432 g/mol. The van der Waals surface area contributed by atoms with Gasteiger partial charge in [0.05, 0.1) is 11.9 Å². The number of hydrogen-bond donors (Lipinski definition) is 0. The van der Waals surface area contributed by atoms with E-state index >= 15 is 0 Å². The molecule has 7 heteroatoms. The van der Waals surface area contributed by atoms with Crippen molar-refractivity contribution in [1.82, 2.24) is 29.1 Å². The van der Waals surface area contributed by atoms with Crippen LogP contribution in [0.3, 0.4) is 0 Å². The second-order valence-corrected chi connectivity index (χ2v) is 9.24. The summed E-state index contributed by atoms with van der Waals surface area (Å²) in [7, 11) is 3.61. The van der Waals surface area contributed by atoms with Gasteiger partial charge in [-0.3, -0.25) is 14.4 Å². The maximum absolute atomic E-state index is 13.1. The van der Waals surface area contributed by atoms with Gasteiger partial charge in [0.25, 0.3) is 5.91 Å². The average molecular weight is 433 g/mol. The Balaban J connectivity index is 1.54. The minimum Gasteiger partial charge on any atom is -0.343 e. The van der Waals surface area contributed by atoms with E-state index in [9.17, 15) is 4.79 Å². The summed E-state index contributed by atoms with van der Waals surface area (Å²) < 4.78 is 4.40. The molecule has 0 N–H and O–H groups in total. The number of amides is 1. The van der Waals surface area contributed by atoms with E-state index in [0.717, 1.165) is 49.6 Å². The zero-order valence-electron chi connectivity index (χ0n) is 19.5. The number of hydrogen-bond acceptors (Lipinski definition) is 4. The largest absolute Gasteiger partial charge is 0.343 e. The predicted octanol–water partition coefficient (Wildman–Crippen LogP) is 3.37. The van der Waals surface area contributed by atoms with Gasteiger partial charge in [-0.1, -0.05) is 30.3 Å². The number of imidazole rings is 1. The lowest BCUT2D eigenvalue weighted by Crippen LogP contribution is -2.36. The normalized spacial score (nSPS) is 20.2. The Morgan fingerprint density at radius 2 is 1.91 bits per heavy atom. The molecule has 0 spiro atoms. The highest BCUT2D eigenvalue weighted by Gasteiger charge is 2.40. The van der Waals surface area contributed by atoms with Crippen LogP contribution in [-0.2, 0) is 26.1 Å². The first-order valence-electron chi connectivity index (χ1n) is 11.6. The van der Waals surface area contributed by atoms with Gasteiger partial charge in [-0.15, -0.1) is 0 Å². The van der Waals surface area contributed by atoms with E-state index in [1.807, 2.05) is 24.4 Å². The van der Waals surface area contributed by atoms with Crippen LogP contribution in [-0.4, -0.2) is 61.2 Å². The molecule has 2 aromatic heterocycles. The van der Waals surface area contributed by atoms with E-state index in [1.54, 1.807) is 19.0 Å². The minimum atomic E-state index is -0.0136. The van der Waals surface area contributed by atoms with Crippen LogP contribution in [0, 0.1) is 6.92 Å². The fraction of sp³-hybridized carbons (Fsp3) is 0.480. The van der Waals surface area contributed by atoms with Crippen LogP contribution in [0.2, 0.25) is 0 Å². The smallest absolute Gasteiger partial charge is 0.273 e. The molecule has 5 rings (SSSR count). The van der Waals surface area contributed by atoms with Crippen LogP contribution < -0.4 is 0 Å². The molecule has 3 aromatic rings.